The van der Waals surface area contributed by atoms with Crippen LogP contribution >= 0.6 is 0 Å². The van der Waals surface area contributed by atoms with Crippen molar-refractivity contribution in [3.05, 3.63) is 0 Å². The number of rotatable bonds is 3. The van der Waals surface area contributed by atoms with Crippen LogP contribution in [0.5, 0.6) is 0 Å². The molecule has 0 saturated heterocycles. The fraction of sp³-hybridized carbons (Fsp3) is 0.923. The lowest BCUT2D eigenvalue weighted by molar-refractivity contribution is -0.134. The Labute approximate surface area is 99.4 Å². The Bertz CT molecular complexity index is 245. The smallest absolute Gasteiger partial charge is 0.224 e. The Kier molecular flexibility index (Phi) is 4.36. The number of carbonyl (C=O) groups excluding carboxylic acids is 1. The maximum Gasteiger partial charge on any atom is 0.224 e. The molecule has 3 nitrogen and oxygen atoms in total. The van der Waals surface area contributed by atoms with Crippen LogP contribution in [0.1, 0.15) is 52.9 Å². The molecule has 2 atom stereocenters. The largest absolute Gasteiger partial charge is 0.342 e. The van der Waals surface area contributed by atoms with Gasteiger partial charge in [0.25, 0.3) is 0 Å². The summed E-state index contributed by atoms with van der Waals surface area (Å²) in [7, 11) is 1.93. The van der Waals surface area contributed by atoms with Crippen LogP contribution in [0.2, 0.25) is 0 Å². The SMILES string of the molecule is CC1CCCCC1N(C)C(=O)CC(C)(C)N. The fourth-order valence-corrected chi connectivity index (χ4v) is 2.57. The van der Waals surface area contributed by atoms with Gasteiger partial charge in [0.15, 0.2) is 0 Å². The maximum atomic E-state index is 12.0. The zero-order valence-electron chi connectivity index (χ0n) is 11.1. The minimum Gasteiger partial charge on any atom is -0.342 e. The van der Waals surface area contributed by atoms with Gasteiger partial charge >= 0.3 is 0 Å². The van der Waals surface area contributed by atoms with Gasteiger partial charge in [0, 0.05) is 25.0 Å². The number of hydrogen-bond acceptors (Lipinski definition) is 2. The molecule has 0 bridgehead atoms. The molecule has 1 fully saturated rings. The van der Waals surface area contributed by atoms with E-state index in [1.54, 1.807) is 0 Å². The highest BCUT2D eigenvalue weighted by Gasteiger charge is 2.29. The van der Waals surface area contributed by atoms with Gasteiger partial charge in [-0.1, -0.05) is 19.8 Å². The predicted molar refractivity (Wildman–Crippen MR) is 67.1 cm³/mol. The van der Waals surface area contributed by atoms with E-state index in [4.69, 9.17) is 5.73 Å². The molecule has 1 saturated carbocycles. The van der Waals surface area contributed by atoms with Gasteiger partial charge in [-0.2, -0.15) is 0 Å². The van der Waals surface area contributed by atoms with Crippen LogP contribution in [-0.4, -0.2) is 29.4 Å². The highest BCUT2D eigenvalue weighted by molar-refractivity contribution is 5.77. The van der Waals surface area contributed by atoms with Crippen LogP contribution < -0.4 is 5.73 Å². The molecule has 94 valence electrons. The molecule has 3 heteroatoms. The second kappa shape index (κ2) is 5.17. The molecule has 16 heavy (non-hydrogen) atoms. The summed E-state index contributed by atoms with van der Waals surface area (Å²) in [4.78, 5) is 14.0. The maximum absolute atomic E-state index is 12.0. The highest BCUT2D eigenvalue weighted by Crippen LogP contribution is 2.28. The Balaban J connectivity index is 2.55. The molecule has 1 aliphatic rings. The third-order valence-corrected chi connectivity index (χ3v) is 3.56. The first kappa shape index (κ1) is 13.5. The number of hydrogen-bond donors (Lipinski definition) is 1. The molecule has 2 N–H and O–H groups in total. The van der Waals surface area contributed by atoms with Gasteiger partial charge in [0.1, 0.15) is 0 Å². The summed E-state index contributed by atoms with van der Waals surface area (Å²) >= 11 is 0. The van der Waals surface area contributed by atoms with Crippen LogP contribution in [0, 0.1) is 5.92 Å². The predicted octanol–water partition coefficient (Wildman–Crippen LogP) is 2.15. The molecular formula is C13H26N2O. The Morgan fingerprint density at radius 3 is 2.44 bits per heavy atom. The number of nitrogens with two attached hydrogens (primary N) is 1. The summed E-state index contributed by atoms with van der Waals surface area (Å²) in [6.45, 7) is 6.06. The number of amides is 1. The summed E-state index contributed by atoms with van der Waals surface area (Å²) in [6, 6.07) is 0.420. The van der Waals surface area contributed by atoms with Crippen molar-refractivity contribution in [3.8, 4) is 0 Å². The van der Waals surface area contributed by atoms with Gasteiger partial charge in [0.2, 0.25) is 5.91 Å². The Morgan fingerprint density at radius 1 is 1.38 bits per heavy atom. The van der Waals surface area contributed by atoms with E-state index in [2.05, 4.69) is 6.92 Å². The molecule has 1 rings (SSSR count). The molecular weight excluding hydrogens is 200 g/mol. The van der Waals surface area contributed by atoms with E-state index in [0.29, 0.717) is 18.4 Å². The summed E-state index contributed by atoms with van der Waals surface area (Å²) < 4.78 is 0. The molecule has 0 heterocycles. The van der Waals surface area contributed by atoms with Crippen LogP contribution in [0.3, 0.4) is 0 Å². The van der Waals surface area contributed by atoms with Crippen molar-refractivity contribution in [2.45, 2.75) is 64.5 Å². The van der Waals surface area contributed by atoms with Gasteiger partial charge in [-0.05, 0) is 32.6 Å². The first-order valence-electron chi connectivity index (χ1n) is 6.36. The van der Waals surface area contributed by atoms with Crippen LogP contribution in [-0.2, 0) is 4.79 Å². The average Bonchev–Trinajstić information content (AvgIpc) is 2.15. The first-order chi connectivity index (χ1) is 7.31. The molecule has 0 aliphatic heterocycles. The summed E-state index contributed by atoms with van der Waals surface area (Å²) in [5, 5.41) is 0. The van der Waals surface area contributed by atoms with Crippen molar-refractivity contribution in [3.63, 3.8) is 0 Å². The minimum absolute atomic E-state index is 0.186. The summed E-state index contributed by atoms with van der Waals surface area (Å²) in [6.07, 6.45) is 5.39. The standard InChI is InChI=1S/C13H26N2O/c1-10-7-5-6-8-11(10)15(4)12(16)9-13(2,3)14/h10-11H,5-9,14H2,1-4H3. The molecule has 0 spiro atoms. The quantitative estimate of drug-likeness (QED) is 0.801. The van der Waals surface area contributed by atoms with Crippen molar-refractivity contribution in [2.24, 2.45) is 11.7 Å². The number of nitrogens with zero attached hydrogens (tertiary/aromatic N) is 1. The van der Waals surface area contributed by atoms with Crippen molar-refractivity contribution < 1.29 is 4.79 Å². The van der Waals surface area contributed by atoms with E-state index in [1.807, 2.05) is 25.8 Å². The third kappa shape index (κ3) is 3.78. The highest BCUT2D eigenvalue weighted by atomic mass is 16.2. The van der Waals surface area contributed by atoms with E-state index in [1.165, 1.54) is 19.3 Å². The van der Waals surface area contributed by atoms with Gasteiger partial charge in [-0.15, -0.1) is 0 Å². The summed E-state index contributed by atoms with van der Waals surface area (Å²) in [5.74, 6) is 0.815. The molecule has 0 aromatic carbocycles. The second-order valence-electron chi connectivity index (χ2n) is 6.00. The van der Waals surface area contributed by atoms with Crippen molar-refractivity contribution in [2.75, 3.05) is 7.05 Å². The monoisotopic (exact) mass is 226 g/mol. The van der Waals surface area contributed by atoms with Gasteiger partial charge in [-0.3, -0.25) is 4.79 Å². The van der Waals surface area contributed by atoms with Crippen molar-refractivity contribution in [1.82, 2.24) is 4.90 Å². The minimum atomic E-state index is -0.400. The van der Waals surface area contributed by atoms with Gasteiger partial charge < -0.3 is 10.6 Å². The number of carbonyl (C=O) groups is 1. The topological polar surface area (TPSA) is 46.3 Å². The van der Waals surface area contributed by atoms with Gasteiger partial charge in [0.05, 0.1) is 0 Å². The van der Waals surface area contributed by atoms with E-state index >= 15 is 0 Å². The third-order valence-electron chi connectivity index (χ3n) is 3.56. The van der Waals surface area contributed by atoms with Crippen LogP contribution in [0.4, 0.5) is 0 Å². The van der Waals surface area contributed by atoms with E-state index < -0.39 is 5.54 Å². The molecule has 1 amide bonds. The lowest BCUT2D eigenvalue weighted by atomic mass is 9.84. The summed E-state index contributed by atoms with van der Waals surface area (Å²) in [5.41, 5.74) is 5.49. The van der Waals surface area contributed by atoms with Crippen molar-refractivity contribution >= 4 is 5.91 Å². The van der Waals surface area contributed by atoms with Crippen molar-refractivity contribution in [1.29, 1.82) is 0 Å². The Hall–Kier alpha value is -0.570. The van der Waals surface area contributed by atoms with E-state index in [0.717, 1.165) is 6.42 Å². The van der Waals surface area contributed by atoms with E-state index in [-0.39, 0.29) is 5.91 Å². The van der Waals surface area contributed by atoms with Crippen LogP contribution in [0.15, 0.2) is 0 Å². The first-order valence-corrected chi connectivity index (χ1v) is 6.36. The average molecular weight is 226 g/mol. The molecule has 1 aliphatic carbocycles. The normalized spacial score (nSPS) is 26.6. The fourth-order valence-electron chi connectivity index (χ4n) is 2.57. The lowest BCUT2D eigenvalue weighted by Crippen LogP contribution is -2.46. The van der Waals surface area contributed by atoms with Gasteiger partial charge in [-0.25, -0.2) is 0 Å². The molecule has 0 radical (unpaired) electrons. The van der Waals surface area contributed by atoms with Crippen LogP contribution in [0.25, 0.3) is 0 Å². The second-order valence-corrected chi connectivity index (χ2v) is 6.00. The zero-order valence-corrected chi connectivity index (χ0v) is 11.1. The zero-order chi connectivity index (χ0) is 12.3. The molecule has 0 aromatic rings. The molecule has 0 aromatic heterocycles. The lowest BCUT2D eigenvalue weighted by Gasteiger charge is -2.37. The molecule has 2 unspecified atom stereocenters. The van der Waals surface area contributed by atoms with E-state index in [9.17, 15) is 4.79 Å². The Morgan fingerprint density at radius 2 is 1.94 bits per heavy atom.